The average Bonchev–Trinajstić information content (AvgIpc) is 2.81. The molecule has 0 aliphatic rings. The number of aromatic nitrogens is 2. The molecule has 182 valence electrons. The third-order valence-corrected chi connectivity index (χ3v) is 5.69. The normalized spacial score (nSPS) is 11.4. The summed E-state index contributed by atoms with van der Waals surface area (Å²) in [7, 11) is 0. The van der Waals surface area contributed by atoms with Crippen LogP contribution in [0.5, 0.6) is 0 Å². The van der Waals surface area contributed by atoms with Crippen LogP contribution in [0.4, 0.5) is 36.3 Å². The molecule has 0 aliphatic carbocycles. The van der Waals surface area contributed by atoms with Crippen molar-refractivity contribution in [3.8, 4) is 0 Å². The summed E-state index contributed by atoms with van der Waals surface area (Å²) >= 11 is 0. The van der Waals surface area contributed by atoms with E-state index in [1.54, 1.807) is 12.1 Å². The lowest BCUT2D eigenvalue weighted by molar-refractivity contribution is -0.137. The van der Waals surface area contributed by atoms with Crippen molar-refractivity contribution in [2.45, 2.75) is 71.4 Å². The van der Waals surface area contributed by atoms with Crippen LogP contribution >= 0.6 is 0 Å². The third-order valence-electron chi connectivity index (χ3n) is 5.69. The fourth-order valence-electron chi connectivity index (χ4n) is 3.76. The Hall–Kier alpha value is -3.09. The molecule has 2 N–H and O–H groups in total. The smallest absolute Gasteiger partial charge is 0.339 e. The van der Waals surface area contributed by atoms with Gasteiger partial charge < -0.3 is 10.6 Å². The SMILES string of the molecule is CCCCCc1ccc(Nc2ncc(C(F)(F)F)c(Nc3ccccc3CCCCC)n2)cc1. The lowest BCUT2D eigenvalue weighted by atomic mass is 10.1. The number of rotatable bonds is 12. The average molecular weight is 471 g/mol. The number of unbranched alkanes of at least 4 members (excludes halogenated alkanes) is 4. The highest BCUT2D eigenvalue weighted by Crippen LogP contribution is 2.36. The van der Waals surface area contributed by atoms with Crippen LogP contribution in [-0.4, -0.2) is 9.97 Å². The first-order valence-electron chi connectivity index (χ1n) is 12.1. The van der Waals surface area contributed by atoms with Gasteiger partial charge in [0.2, 0.25) is 5.95 Å². The third kappa shape index (κ3) is 7.47. The van der Waals surface area contributed by atoms with Crippen LogP contribution in [0.2, 0.25) is 0 Å². The monoisotopic (exact) mass is 470 g/mol. The minimum absolute atomic E-state index is 0.109. The number of hydrogen-bond donors (Lipinski definition) is 2. The van der Waals surface area contributed by atoms with Gasteiger partial charge in [-0.25, -0.2) is 4.98 Å². The molecule has 4 nitrogen and oxygen atoms in total. The van der Waals surface area contributed by atoms with Gasteiger partial charge >= 0.3 is 6.18 Å². The van der Waals surface area contributed by atoms with Gasteiger partial charge in [0, 0.05) is 17.6 Å². The van der Waals surface area contributed by atoms with E-state index in [4.69, 9.17) is 0 Å². The van der Waals surface area contributed by atoms with Gasteiger partial charge in [-0.3, -0.25) is 0 Å². The first kappa shape index (κ1) is 25.5. The summed E-state index contributed by atoms with van der Waals surface area (Å²) < 4.78 is 41.1. The lowest BCUT2D eigenvalue weighted by Crippen LogP contribution is -2.13. The van der Waals surface area contributed by atoms with Crippen LogP contribution in [0.25, 0.3) is 0 Å². The molecular formula is C27H33F3N4. The largest absolute Gasteiger partial charge is 0.421 e. The van der Waals surface area contributed by atoms with E-state index in [2.05, 4.69) is 34.4 Å². The molecule has 0 atom stereocenters. The molecule has 2 aromatic carbocycles. The molecule has 1 heterocycles. The van der Waals surface area contributed by atoms with Gasteiger partial charge in [-0.05, 0) is 55.0 Å². The number of alkyl halides is 3. The van der Waals surface area contributed by atoms with Crippen molar-refractivity contribution in [2.24, 2.45) is 0 Å². The van der Waals surface area contributed by atoms with Crippen LogP contribution in [0, 0.1) is 0 Å². The molecule has 7 heteroatoms. The molecule has 0 aliphatic heterocycles. The number of hydrogen-bond acceptors (Lipinski definition) is 4. The molecule has 0 bridgehead atoms. The van der Waals surface area contributed by atoms with Gasteiger partial charge in [0.15, 0.2) is 0 Å². The predicted octanol–water partition coefficient (Wildman–Crippen LogP) is 8.45. The number of aryl methyl sites for hydroxylation is 2. The van der Waals surface area contributed by atoms with E-state index in [-0.39, 0.29) is 11.8 Å². The van der Waals surface area contributed by atoms with E-state index in [1.165, 1.54) is 18.4 Å². The van der Waals surface area contributed by atoms with Gasteiger partial charge in [0.05, 0.1) is 0 Å². The highest BCUT2D eigenvalue weighted by atomic mass is 19.4. The van der Waals surface area contributed by atoms with Crippen LogP contribution in [0.15, 0.2) is 54.7 Å². The van der Waals surface area contributed by atoms with Crippen molar-refractivity contribution in [3.63, 3.8) is 0 Å². The summed E-state index contributed by atoms with van der Waals surface area (Å²) in [6, 6.07) is 15.3. The van der Waals surface area contributed by atoms with E-state index in [0.29, 0.717) is 5.69 Å². The molecule has 0 saturated carbocycles. The van der Waals surface area contributed by atoms with Gasteiger partial charge in [0.25, 0.3) is 0 Å². The van der Waals surface area contributed by atoms with Crippen molar-refractivity contribution < 1.29 is 13.2 Å². The van der Waals surface area contributed by atoms with Crippen LogP contribution < -0.4 is 10.6 Å². The Morgan fingerprint density at radius 3 is 2.15 bits per heavy atom. The standard InChI is InChI=1S/C27H33F3N4/c1-3-5-7-11-20-15-17-22(18-16-20)32-26-31-19-23(27(28,29)30)25(34-26)33-24-14-10-9-13-21(24)12-8-6-4-2/h9-10,13-19H,3-8,11-12H2,1-2H3,(H2,31,32,33,34). The molecule has 1 aromatic heterocycles. The number of nitrogens with zero attached hydrogens (tertiary/aromatic N) is 2. The molecule has 0 spiro atoms. The molecule has 0 amide bonds. The fourth-order valence-corrected chi connectivity index (χ4v) is 3.76. The van der Waals surface area contributed by atoms with Gasteiger partial charge in [0.1, 0.15) is 11.4 Å². The Kier molecular flexibility index (Phi) is 9.31. The first-order chi connectivity index (χ1) is 16.4. The summed E-state index contributed by atoms with van der Waals surface area (Å²) in [6.07, 6.45) is 4.69. The number of para-hydroxylation sites is 1. The van der Waals surface area contributed by atoms with Crippen molar-refractivity contribution in [1.29, 1.82) is 0 Å². The quantitative estimate of drug-likeness (QED) is 0.261. The van der Waals surface area contributed by atoms with Crippen molar-refractivity contribution in [1.82, 2.24) is 9.97 Å². The number of nitrogens with one attached hydrogen (secondary N) is 2. The highest BCUT2D eigenvalue weighted by Gasteiger charge is 2.35. The molecule has 3 aromatic rings. The number of halogens is 3. The van der Waals surface area contributed by atoms with E-state index >= 15 is 0 Å². The maximum Gasteiger partial charge on any atom is 0.421 e. The molecule has 0 saturated heterocycles. The Morgan fingerprint density at radius 1 is 0.794 bits per heavy atom. The second kappa shape index (κ2) is 12.4. The number of benzene rings is 2. The second-order valence-corrected chi connectivity index (χ2v) is 8.47. The minimum atomic E-state index is -4.57. The van der Waals surface area contributed by atoms with Gasteiger partial charge in [-0.15, -0.1) is 0 Å². The van der Waals surface area contributed by atoms with Crippen LogP contribution in [0.3, 0.4) is 0 Å². The maximum absolute atomic E-state index is 13.7. The summed E-state index contributed by atoms with van der Waals surface area (Å²) in [5.74, 6) is -0.151. The topological polar surface area (TPSA) is 49.8 Å². The van der Waals surface area contributed by atoms with E-state index in [9.17, 15) is 13.2 Å². The summed E-state index contributed by atoms with van der Waals surface area (Å²) in [4.78, 5) is 8.12. The zero-order valence-electron chi connectivity index (χ0n) is 19.9. The number of anilines is 4. The Morgan fingerprint density at radius 2 is 1.47 bits per heavy atom. The van der Waals surface area contributed by atoms with E-state index < -0.39 is 11.7 Å². The minimum Gasteiger partial charge on any atom is -0.339 e. The predicted molar refractivity (Wildman–Crippen MR) is 133 cm³/mol. The molecule has 34 heavy (non-hydrogen) atoms. The van der Waals surface area contributed by atoms with E-state index in [1.807, 2.05) is 36.4 Å². The van der Waals surface area contributed by atoms with Crippen LogP contribution in [-0.2, 0) is 19.0 Å². The molecule has 0 fully saturated rings. The highest BCUT2D eigenvalue weighted by molar-refractivity contribution is 5.65. The molecular weight excluding hydrogens is 437 g/mol. The summed E-state index contributed by atoms with van der Waals surface area (Å²) in [5, 5.41) is 5.96. The van der Waals surface area contributed by atoms with Gasteiger partial charge in [-0.2, -0.15) is 18.2 Å². The van der Waals surface area contributed by atoms with Crippen molar-refractivity contribution in [3.05, 3.63) is 71.4 Å². The Balaban J connectivity index is 1.81. The molecule has 0 unspecified atom stereocenters. The summed E-state index contributed by atoms with van der Waals surface area (Å²) in [6.45, 7) is 4.29. The molecule has 0 radical (unpaired) electrons. The zero-order chi connectivity index (χ0) is 24.4. The van der Waals surface area contributed by atoms with Crippen molar-refractivity contribution in [2.75, 3.05) is 10.6 Å². The maximum atomic E-state index is 13.7. The Bertz CT molecular complexity index is 1030. The van der Waals surface area contributed by atoms with E-state index in [0.717, 1.165) is 56.0 Å². The van der Waals surface area contributed by atoms with Gasteiger partial charge in [-0.1, -0.05) is 69.9 Å². The van der Waals surface area contributed by atoms with Crippen LogP contribution in [0.1, 0.15) is 69.1 Å². The Labute approximate surface area is 200 Å². The van der Waals surface area contributed by atoms with Crippen molar-refractivity contribution >= 4 is 23.1 Å². The lowest BCUT2D eigenvalue weighted by Gasteiger charge is -2.17. The zero-order valence-corrected chi connectivity index (χ0v) is 19.9. The second-order valence-electron chi connectivity index (χ2n) is 8.47. The fraction of sp³-hybridized carbons (Fsp3) is 0.407. The molecule has 3 rings (SSSR count). The summed E-state index contributed by atoms with van der Waals surface area (Å²) in [5.41, 5.74) is 2.66. The first-order valence-corrected chi connectivity index (χ1v) is 12.1.